The minimum absolute atomic E-state index is 0.532. The van der Waals surface area contributed by atoms with Crippen LogP contribution in [-0.2, 0) is 0 Å². The molecule has 0 aromatic heterocycles. The second kappa shape index (κ2) is 3.04. The van der Waals surface area contributed by atoms with Crippen LogP contribution in [0.2, 0.25) is 0 Å². The molecular formula is C10H14O2. The normalized spacial score (nSPS) is 35.2. The van der Waals surface area contributed by atoms with E-state index in [0.717, 1.165) is 12.8 Å². The van der Waals surface area contributed by atoms with E-state index in [4.69, 9.17) is 0 Å². The van der Waals surface area contributed by atoms with E-state index in [-0.39, 0.29) is 0 Å². The van der Waals surface area contributed by atoms with Crippen LogP contribution in [0.15, 0.2) is 23.3 Å². The van der Waals surface area contributed by atoms with E-state index < -0.39 is 12.2 Å². The van der Waals surface area contributed by atoms with E-state index in [0.29, 0.717) is 12.8 Å². The van der Waals surface area contributed by atoms with Crippen LogP contribution in [0.5, 0.6) is 0 Å². The molecule has 0 aromatic rings. The smallest absolute Gasteiger partial charge is 0.0839 e. The average molecular weight is 166 g/mol. The first-order valence-electron chi connectivity index (χ1n) is 4.48. The van der Waals surface area contributed by atoms with Gasteiger partial charge in [0.15, 0.2) is 0 Å². The van der Waals surface area contributed by atoms with Gasteiger partial charge in [-0.1, -0.05) is 23.3 Å². The SMILES string of the molecule is O[C@@H]1CC2=C(CC=CC2)C[C@@H]1O. The molecule has 0 saturated carbocycles. The summed E-state index contributed by atoms with van der Waals surface area (Å²) >= 11 is 0. The van der Waals surface area contributed by atoms with Crippen molar-refractivity contribution in [3.63, 3.8) is 0 Å². The third-order valence-electron chi connectivity index (χ3n) is 2.75. The number of allylic oxidation sites excluding steroid dienone is 2. The summed E-state index contributed by atoms with van der Waals surface area (Å²) in [7, 11) is 0. The van der Waals surface area contributed by atoms with Crippen LogP contribution < -0.4 is 0 Å². The van der Waals surface area contributed by atoms with Gasteiger partial charge in [0.05, 0.1) is 12.2 Å². The Hall–Kier alpha value is -0.600. The predicted octanol–water partition coefficient (Wildman–Crippen LogP) is 1.15. The molecule has 2 rings (SSSR count). The Morgan fingerprint density at radius 1 is 0.917 bits per heavy atom. The molecule has 0 saturated heterocycles. The highest BCUT2D eigenvalue weighted by molar-refractivity contribution is 5.28. The number of aliphatic hydroxyl groups is 2. The molecule has 2 aliphatic carbocycles. The highest BCUT2D eigenvalue weighted by Crippen LogP contribution is 2.32. The maximum absolute atomic E-state index is 9.41. The van der Waals surface area contributed by atoms with Gasteiger partial charge in [-0.3, -0.25) is 0 Å². The van der Waals surface area contributed by atoms with E-state index in [1.165, 1.54) is 11.1 Å². The average Bonchev–Trinajstić information content (AvgIpc) is 2.07. The maximum atomic E-state index is 9.41. The molecular weight excluding hydrogens is 152 g/mol. The van der Waals surface area contributed by atoms with Gasteiger partial charge in [0, 0.05) is 0 Å². The largest absolute Gasteiger partial charge is 0.390 e. The summed E-state index contributed by atoms with van der Waals surface area (Å²) in [5, 5.41) is 18.8. The third-order valence-corrected chi connectivity index (χ3v) is 2.75. The molecule has 12 heavy (non-hydrogen) atoms. The minimum Gasteiger partial charge on any atom is -0.390 e. The summed E-state index contributed by atoms with van der Waals surface area (Å²) in [6, 6.07) is 0. The summed E-state index contributed by atoms with van der Waals surface area (Å²) < 4.78 is 0. The molecule has 0 amide bonds. The molecule has 0 spiro atoms. The van der Waals surface area contributed by atoms with Gasteiger partial charge in [-0.15, -0.1) is 0 Å². The van der Waals surface area contributed by atoms with Crippen molar-refractivity contribution in [2.75, 3.05) is 0 Å². The summed E-state index contributed by atoms with van der Waals surface area (Å²) in [6.45, 7) is 0. The number of rotatable bonds is 0. The number of hydrogen-bond donors (Lipinski definition) is 2. The molecule has 0 heterocycles. The second-order valence-corrected chi connectivity index (χ2v) is 3.63. The van der Waals surface area contributed by atoms with E-state index in [2.05, 4.69) is 12.2 Å². The summed E-state index contributed by atoms with van der Waals surface area (Å²) in [5.41, 5.74) is 2.69. The molecule has 2 atom stereocenters. The molecule has 66 valence electrons. The predicted molar refractivity (Wildman–Crippen MR) is 46.6 cm³/mol. The van der Waals surface area contributed by atoms with Gasteiger partial charge in [-0.25, -0.2) is 0 Å². The van der Waals surface area contributed by atoms with Gasteiger partial charge in [0.1, 0.15) is 0 Å². The first kappa shape index (κ1) is 8.02. The molecule has 2 heteroatoms. The highest BCUT2D eigenvalue weighted by atomic mass is 16.3. The Morgan fingerprint density at radius 2 is 1.33 bits per heavy atom. The second-order valence-electron chi connectivity index (χ2n) is 3.63. The summed E-state index contributed by atoms with van der Waals surface area (Å²) in [4.78, 5) is 0. The van der Waals surface area contributed by atoms with Gasteiger partial charge < -0.3 is 10.2 Å². The fourth-order valence-electron chi connectivity index (χ4n) is 1.97. The Kier molecular flexibility index (Phi) is 2.03. The van der Waals surface area contributed by atoms with Crippen molar-refractivity contribution in [1.82, 2.24) is 0 Å². The Labute approximate surface area is 72.2 Å². The van der Waals surface area contributed by atoms with Crippen LogP contribution in [-0.4, -0.2) is 22.4 Å². The first-order valence-corrected chi connectivity index (χ1v) is 4.48. The van der Waals surface area contributed by atoms with Crippen molar-refractivity contribution in [3.8, 4) is 0 Å². The quantitative estimate of drug-likeness (QED) is 0.530. The van der Waals surface area contributed by atoms with E-state index in [1.807, 2.05) is 0 Å². The maximum Gasteiger partial charge on any atom is 0.0839 e. The lowest BCUT2D eigenvalue weighted by molar-refractivity contribution is 0.0134. The lowest BCUT2D eigenvalue weighted by Crippen LogP contribution is -2.31. The Morgan fingerprint density at radius 3 is 1.75 bits per heavy atom. The van der Waals surface area contributed by atoms with Crippen LogP contribution in [0.25, 0.3) is 0 Å². The first-order chi connectivity index (χ1) is 5.77. The van der Waals surface area contributed by atoms with Crippen LogP contribution >= 0.6 is 0 Å². The standard InChI is InChI=1S/C10H14O2/c11-9-5-7-3-1-2-4-8(7)6-10(9)12/h1-2,9-12H,3-6H2/t9-,10+. The molecule has 0 bridgehead atoms. The van der Waals surface area contributed by atoms with Crippen molar-refractivity contribution in [2.24, 2.45) is 0 Å². The van der Waals surface area contributed by atoms with E-state index >= 15 is 0 Å². The zero-order valence-corrected chi connectivity index (χ0v) is 7.03. The lowest BCUT2D eigenvalue weighted by Gasteiger charge is -2.29. The third kappa shape index (κ3) is 1.32. The van der Waals surface area contributed by atoms with Crippen molar-refractivity contribution in [3.05, 3.63) is 23.3 Å². The van der Waals surface area contributed by atoms with Crippen molar-refractivity contribution in [2.45, 2.75) is 37.9 Å². The molecule has 2 N–H and O–H groups in total. The molecule has 0 unspecified atom stereocenters. The summed E-state index contributed by atoms with van der Waals surface area (Å²) in [5.74, 6) is 0. The number of hydrogen-bond acceptors (Lipinski definition) is 2. The molecule has 0 aliphatic heterocycles. The topological polar surface area (TPSA) is 40.5 Å². The zero-order valence-electron chi connectivity index (χ0n) is 7.03. The van der Waals surface area contributed by atoms with Crippen molar-refractivity contribution in [1.29, 1.82) is 0 Å². The fourth-order valence-corrected chi connectivity index (χ4v) is 1.97. The highest BCUT2D eigenvalue weighted by Gasteiger charge is 2.26. The van der Waals surface area contributed by atoms with Crippen LogP contribution in [0.4, 0.5) is 0 Å². The van der Waals surface area contributed by atoms with Crippen LogP contribution in [0.1, 0.15) is 25.7 Å². The van der Waals surface area contributed by atoms with E-state index in [9.17, 15) is 10.2 Å². The zero-order chi connectivity index (χ0) is 8.55. The monoisotopic (exact) mass is 166 g/mol. The van der Waals surface area contributed by atoms with E-state index in [1.54, 1.807) is 0 Å². The number of aliphatic hydroxyl groups excluding tert-OH is 2. The molecule has 0 fully saturated rings. The fraction of sp³-hybridized carbons (Fsp3) is 0.600. The molecule has 2 nitrogen and oxygen atoms in total. The Bertz CT molecular complexity index is 216. The van der Waals surface area contributed by atoms with Gasteiger partial charge in [-0.05, 0) is 25.7 Å². The molecule has 2 aliphatic rings. The van der Waals surface area contributed by atoms with Crippen molar-refractivity contribution < 1.29 is 10.2 Å². The van der Waals surface area contributed by atoms with Crippen LogP contribution in [0, 0.1) is 0 Å². The lowest BCUT2D eigenvalue weighted by atomic mass is 9.82. The van der Waals surface area contributed by atoms with Gasteiger partial charge in [0.25, 0.3) is 0 Å². The Balaban J connectivity index is 2.16. The minimum atomic E-state index is -0.532. The molecule has 0 aromatic carbocycles. The van der Waals surface area contributed by atoms with Gasteiger partial charge >= 0.3 is 0 Å². The van der Waals surface area contributed by atoms with Gasteiger partial charge in [0.2, 0.25) is 0 Å². The summed E-state index contributed by atoms with van der Waals surface area (Å²) in [6.07, 6.45) is 6.50. The van der Waals surface area contributed by atoms with Crippen LogP contribution in [0.3, 0.4) is 0 Å². The molecule has 0 radical (unpaired) electrons. The van der Waals surface area contributed by atoms with Gasteiger partial charge in [-0.2, -0.15) is 0 Å². The van der Waals surface area contributed by atoms with Crippen molar-refractivity contribution >= 4 is 0 Å².